The van der Waals surface area contributed by atoms with Crippen molar-refractivity contribution in [2.75, 3.05) is 0 Å². The Balaban J connectivity index is 2.49. The van der Waals surface area contributed by atoms with Gasteiger partial charge in [-0.1, -0.05) is 28.1 Å². The van der Waals surface area contributed by atoms with E-state index in [1.807, 2.05) is 24.3 Å². The summed E-state index contributed by atoms with van der Waals surface area (Å²) >= 11 is 3.37. The van der Waals surface area contributed by atoms with Crippen LogP contribution >= 0.6 is 15.9 Å². The number of benzene rings is 1. The Morgan fingerprint density at radius 3 is 2.86 bits per heavy atom. The first-order valence-corrected chi connectivity index (χ1v) is 4.86. The van der Waals surface area contributed by atoms with Crippen molar-refractivity contribution in [3.8, 4) is 11.3 Å². The Bertz CT molecular complexity index is 487. The normalized spacial score (nSPS) is 10.1. The summed E-state index contributed by atoms with van der Waals surface area (Å²) in [5.41, 5.74) is 1.53. The summed E-state index contributed by atoms with van der Waals surface area (Å²) in [5.74, 6) is 0. The first-order valence-electron chi connectivity index (χ1n) is 4.06. The van der Waals surface area contributed by atoms with E-state index in [2.05, 4.69) is 25.9 Å². The summed E-state index contributed by atoms with van der Waals surface area (Å²) in [6.07, 6.45) is 2.88. The predicted octanol–water partition coefficient (Wildman–Crippen LogP) is 2.20. The van der Waals surface area contributed by atoms with Crippen LogP contribution in [0, 0.1) is 0 Å². The van der Waals surface area contributed by atoms with Crippen LogP contribution in [0.3, 0.4) is 0 Å². The smallest absolute Gasteiger partial charge is 0.266 e. The number of hydrogen-bond donors (Lipinski definition) is 1. The minimum atomic E-state index is -0.191. The van der Waals surface area contributed by atoms with Crippen molar-refractivity contribution in [2.45, 2.75) is 0 Å². The third-order valence-corrected chi connectivity index (χ3v) is 2.29. The molecule has 4 heteroatoms. The van der Waals surface area contributed by atoms with Crippen molar-refractivity contribution in [1.82, 2.24) is 9.97 Å². The SMILES string of the molecule is O=c1cnc(-c2cccc(Br)c2)c[nH]1. The van der Waals surface area contributed by atoms with Crippen LogP contribution in [0.1, 0.15) is 0 Å². The zero-order valence-electron chi connectivity index (χ0n) is 7.20. The molecule has 0 radical (unpaired) electrons. The van der Waals surface area contributed by atoms with Crippen molar-refractivity contribution in [3.63, 3.8) is 0 Å². The molecule has 3 nitrogen and oxygen atoms in total. The zero-order valence-corrected chi connectivity index (χ0v) is 8.78. The van der Waals surface area contributed by atoms with Crippen LogP contribution in [0.5, 0.6) is 0 Å². The number of halogens is 1. The molecule has 0 aliphatic rings. The lowest BCUT2D eigenvalue weighted by Crippen LogP contribution is -2.04. The van der Waals surface area contributed by atoms with Crippen LogP contribution in [-0.2, 0) is 0 Å². The fraction of sp³-hybridized carbons (Fsp3) is 0. The standard InChI is InChI=1S/C10H7BrN2O/c11-8-3-1-2-7(4-8)9-5-13-10(14)6-12-9/h1-6H,(H,13,14). The lowest BCUT2D eigenvalue weighted by atomic mass is 10.2. The minimum absolute atomic E-state index is 0.191. The number of nitrogens with one attached hydrogen (secondary N) is 1. The second kappa shape index (κ2) is 3.75. The summed E-state index contributed by atoms with van der Waals surface area (Å²) in [6.45, 7) is 0. The van der Waals surface area contributed by atoms with Crippen LogP contribution < -0.4 is 5.56 Å². The van der Waals surface area contributed by atoms with Gasteiger partial charge in [0.1, 0.15) is 0 Å². The molecule has 1 heterocycles. The van der Waals surface area contributed by atoms with E-state index >= 15 is 0 Å². The van der Waals surface area contributed by atoms with Gasteiger partial charge >= 0.3 is 0 Å². The molecule has 0 bridgehead atoms. The van der Waals surface area contributed by atoms with E-state index in [1.165, 1.54) is 6.20 Å². The molecule has 2 aromatic rings. The molecule has 0 saturated heterocycles. The molecule has 0 unspecified atom stereocenters. The highest BCUT2D eigenvalue weighted by molar-refractivity contribution is 9.10. The van der Waals surface area contributed by atoms with Gasteiger partial charge in [-0.15, -0.1) is 0 Å². The van der Waals surface area contributed by atoms with Gasteiger partial charge in [0.25, 0.3) is 5.56 Å². The molecule has 0 aliphatic carbocycles. The van der Waals surface area contributed by atoms with Gasteiger partial charge < -0.3 is 4.98 Å². The van der Waals surface area contributed by atoms with Crippen molar-refractivity contribution in [2.24, 2.45) is 0 Å². The first-order chi connectivity index (χ1) is 6.75. The molecule has 1 N–H and O–H groups in total. The third-order valence-electron chi connectivity index (χ3n) is 1.79. The van der Waals surface area contributed by atoms with Crippen molar-refractivity contribution < 1.29 is 0 Å². The highest BCUT2D eigenvalue weighted by Crippen LogP contribution is 2.19. The fourth-order valence-corrected chi connectivity index (χ4v) is 1.55. The van der Waals surface area contributed by atoms with Gasteiger partial charge in [0, 0.05) is 16.2 Å². The number of aromatic amines is 1. The average Bonchev–Trinajstić information content (AvgIpc) is 2.19. The summed E-state index contributed by atoms with van der Waals surface area (Å²) in [7, 11) is 0. The van der Waals surface area contributed by atoms with E-state index in [4.69, 9.17) is 0 Å². The largest absolute Gasteiger partial charge is 0.326 e. The van der Waals surface area contributed by atoms with Crippen LogP contribution in [0.4, 0.5) is 0 Å². The second-order valence-electron chi connectivity index (χ2n) is 2.81. The molecule has 0 spiro atoms. The number of aromatic nitrogens is 2. The van der Waals surface area contributed by atoms with Crippen molar-refractivity contribution in [1.29, 1.82) is 0 Å². The van der Waals surface area contributed by atoms with E-state index in [1.54, 1.807) is 6.20 Å². The van der Waals surface area contributed by atoms with Gasteiger partial charge in [0.15, 0.2) is 0 Å². The maximum absolute atomic E-state index is 10.8. The molecule has 0 saturated carbocycles. The second-order valence-corrected chi connectivity index (χ2v) is 3.72. The van der Waals surface area contributed by atoms with E-state index in [9.17, 15) is 4.79 Å². The van der Waals surface area contributed by atoms with Crippen LogP contribution in [0.25, 0.3) is 11.3 Å². The molecule has 70 valence electrons. The lowest BCUT2D eigenvalue weighted by molar-refractivity contribution is 1.14. The van der Waals surface area contributed by atoms with E-state index in [0.717, 1.165) is 15.7 Å². The van der Waals surface area contributed by atoms with Gasteiger partial charge in [-0.25, -0.2) is 4.98 Å². The van der Waals surface area contributed by atoms with Crippen LogP contribution in [-0.4, -0.2) is 9.97 Å². The van der Waals surface area contributed by atoms with Crippen molar-refractivity contribution in [3.05, 3.63) is 51.5 Å². The molecule has 2 rings (SSSR count). The van der Waals surface area contributed by atoms with Gasteiger partial charge in [-0.05, 0) is 12.1 Å². The maximum Gasteiger partial charge on any atom is 0.266 e. The molecule has 14 heavy (non-hydrogen) atoms. The molecule has 1 aromatic carbocycles. The Morgan fingerprint density at radius 2 is 2.21 bits per heavy atom. The molecular weight excluding hydrogens is 244 g/mol. The van der Waals surface area contributed by atoms with E-state index < -0.39 is 0 Å². The first kappa shape index (κ1) is 9.15. The number of nitrogens with zero attached hydrogens (tertiary/aromatic N) is 1. The third kappa shape index (κ3) is 1.90. The van der Waals surface area contributed by atoms with E-state index in [0.29, 0.717) is 0 Å². The minimum Gasteiger partial charge on any atom is -0.326 e. The van der Waals surface area contributed by atoms with Gasteiger partial charge in [-0.3, -0.25) is 4.79 Å². The highest BCUT2D eigenvalue weighted by atomic mass is 79.9. The van der Waals surface area contributed by atoms with Gasteiger partial charge in [-0.2, -0.15) is 0 Å². The number of rotatable bonds is 1. The van der Waals surface area contributed by atoms with Crippen LogP contribution in [0.15, 0.2) is 45.9 Å². The summed E-state index contributed by atoms with van der Waals surface area (Å²) in [6, 6.07) is 7.74. The quantitative estimate of drug-likeness (QED) is 0.844. The van der Waals surface area contributed by atoms with Crippen molar-refractivity contribution >= 4 is 15.9 Å². The Morgan fingerprint density at radius 1 is 1.36 bits per heavy atom. The molecular formula is C10H7BrN2O. The number of hydrogen-bond acceptors (Lipinski definition) is 2. The average molecular weight is 251 g/mol. The molecule has 1 aromatic heterocycles. The summed E-state index contributed by atoms with van der Waals surface area (Å²) < 4.78 is 0.989. The monoisotopic (exact) mass is 250 g/mol. The predicted molar refractivity (Wildman–Crippen MR) is 58.0 cm³/mol. The maximum atomic E-state index is 10.8. The summed E-state index contributed by atoms with van der Waals surface area (Å²) in [4.78, 5) is 17.4. The van der Waals surface area contributed by atoms with Crippen LogP contribution in [0.2, 0.25) is 0 Å². The molecule has 0 fully saturated rings. The topological polar surface area (TPSA) is 45.8 Å². The lowest BCUT2D eigenvalue weighted by Gasteiger charge is -1.99. The van der Waals surface area contributed by atoms with Gasteiger partial charge in [0.2, 0.25) is 0 Å². The highest BCUT2D eigenvalue weighted by Gasteiger charge is 1.98. The molecule has 0 aliphatic heterocycles. The van der Waals surface area contributed by atoms with Gasteiger partial charge in [0.05, 0.1) is 11.9 Å². The van der Waals surface area contributed by atoms with E-state index in [-0.39, 0.29) is 5.56 Å². The molecule has 0 amide bonds. The number of H-pyrrole nitrogens is 1. The Kier molecular flexibility index (Phi) is 2.45. The zero-order chi connectivity index (χ0) is 9.97. The Hall–Kier alpha value is -1.42. The Labute approximate surface area is 89.0 Å². The summed E-state index contributed by atoms with van der Waals surface area (Å²) in [5, 5.41) is 0. The molecule has 0 atom stereocenters. The fourth-order valence-electron chi connectivity index (χ4n) is 1.15.